The van der Waals surface area contributed by atoms with Crippen LogP contribution in [0, 0.1) is 0 Å². The zero-order chi connectivity index (χ0) is 27.9. The molecule has 1 heterocycles. The van der Waals surface area contributed by atoms with Crippen LogP contribution in [0.5, 0.6) is 23.0 Å². The van der Waals surface area contributed by atoms with Crippen LogP contribution in [-0.2, 0) is 22.6 Å². The lowest BCUT2D eigenvalue weighted by Gasteiger charge is -2.32. The number of ether oxygens (including phenoxy) is 4. The normalized spacial score (nSPS) is 12.3. The third-order valence-electron chi connectivity index (χ3n) is 6.65. The van der Waals surface area contributed by atoms with Crippen LogP contribution in [0.15, 0.2) is 97.1 Å². The van der Waals surface area contributed by atoms with E-state index < -0.39 is 11.9 Å². The Morgan fingerprint density at radius 1 is 0.825 bits per heavy atom. The molecule has 0 aliphatic carbocycles. The molecule has 4 aromatic carbocycles. The van der Waals surface area contributed by atoms with Crippen molar-refractivity contribution in [3.8, 4) is 23.0 Å². The van der Waals surface area contributed by atoms with Crippen molar-refractivity contribution >= 4 is 17.5 Å². The molecule has 1 N–H and O–H groups in total. The fourth-order valence-electron chi connectivity index (χ4n) is 4.63. The van der Waals surface area contributed by atoms with E-state index in [-0.39, 0.29) is 25.7 Å². The molecule has 1 aliphatic heterocycles. The van der Waals surface area contributed by atoms with Crippen LogP contribution in [0.2, 0.25) is 0 Å². The first kappa shape index (κ1) is 26.6. The maximum atomic E-state index is 14.2. The van der Waals surface area contributed by atoms with E-state index in [0.717, 1.165) is 11.1 Å². The summed E-state index contributed by atoms with van der Waals surface area (Å²) < 4.78 is 21.9. The van der Waals surface area contributed by atoms with Crippen LogP contribution in [0.25, 0.3) is 0 Å². The molecule has 5 rings (SSSR count). The van der Waals surface area contributed by atoms with E-state index in [1.807, 2.05) is 60.7 Å². The molecule has 0 saturated carbocycles. The Balaban J connectivity index is 1.56. The molecule has 0 fully saturated rings. The summed E-state index contributed by atoms with van der Waals surface area (Å²) in [6, 6.07) is 28.5. The third-order valence-corrected chi connectivity index (χ3v) is 6.65. The van der Waals surface area contributed by atoms with E-state index in [2.05, 4.69) is 5.32 Å². The van der Waals surface area contributed by atoms with Gasteiger partial charge in [-0.15, -0.1) is 0 Å². The van der Waals surface area contributed by atoms with Crippen molar-refractivity contribution in [2.24, 2.45) is 0 Å². The first-order valence-corrected chi connectivity index (χ1v) is 12.9. The number of nitrogens with zero attached hydrogens (tertiary/aromatic N) is 1. The Labute approximate surface area is 233 Å². The minimum Gasteiger partial charge on any atom is -0.497 e. The van der Waals surface area contributed by atoms with Gasteiger partial charge < -0.3 is 29.2 Å². The zero-order valence-corrected chi connectivity index (χ0v) is 22.3. The van der Waals surface area contributed by atoms with Crippen LogP contribution >= 0.6 is 0 Å². The summed E-state index contributed by atoms with van der Waals surface area (Å²) in [6.07, 6.45) is 0.133. The average Bonchev–Trinajstić information content (AvgIpc) is 3.46. The second-order valence-corrected chi connectivity index (χ2v) is 9.24. The molecule has 2 amide bonds. The molecule has 1 atom stereocenters. The lowest BCUT2D eigenvalue weighted by atomic mass is 10.0. The van der Waals surface area contributed by atoms with Crippen molar-refractivity contribution in [3.63, 3.8) is 0 Å². The van der Waals surface area contributed by atoms with Gasteiger partial charge in [-0.05, 0) is 41.0 Å². The smallest absolute Gasteiger partial charge is 0.251 e. The Bertz CT molecular complexity index is 1480. The quantitative estimate of drug-likeness (QED) is 0.292. The van der Waals surface area contributed by atoms with Crippen LogP contribution in [0.1, 0.15) is 22.7 Å². The van der Waals surface area contributed by atoms with Gasteiger partial charge in [0, 0.05) is 12.6 Å². The molecule has 204 valence electrons. The molecule has 1 unspecified atom stereocenters. The summed E-state index contributed by atoms with van der Waals surface area (Å²) in [4.78, 5) is 29.7. The van der Waals surface area contributed by atoms with Gasteiger partial charge >= 0.3 is 0 Å². The largest absolute Gasteiger partial charge is 0.497 e. The lowest BCUT2D eigenvalue weighted by Crippen LogP contribution is -2.41. The Morgan fingerprint density at radius 3 is 2.23 bits per heavy atom. The Morgan fingerprint density at radius 2 is 1.52 bits per heavy atom. The SMILES string of the molecule is COc1ccc(NC(=O)C(c2ccc3c(c2)OCO3)N(Cc2ccccc2)C(=O)Cc2ccccc2)c(OC)c1. The van der Waals surface area contributed by atoms with Gasteiger partial charge in [-0.25, -0.2) is 0 Å². The second kappa shape index (κ2) is 12.3. The highest BCUT2D eigenvalue weighted by molar-refractivity contribution is 5.99. The number of hydrogen-bond donors (Lipinski definition) is 1. The molecular formula is C32H30N2O6. The van der Waals surface area contributed by atoms with Crippen LogP contribution in [-0.4, -0.2) is 37.7 Å². The van der Waals surface area contributed by atoms with E-state index in [4.69, 9.17) is 18.9 Å². The number of methoxy groups -OCH3 is 2. The molecule has 40 heavy (non-hydrogen) atoms. The van der Waals surface area contributed by atoms with Gasteiger partial charge in [0.1, 0.15) is 17.5 Å². The number of anilines is 1. The van der Waals surface area contributed by atoms with Gasteiger partial charge in [-0.3, -0.25) is 9.59 Å². The number of benzene rings is 4. The molecule has 4 aromatic rings. The van der Waals surface area contributed by atoms with Crippen molar-refractivity contribution in [3.05, 3.63) is 114 Å². The predicted molar refractivity (Wildman–Crippen MR) is 151 cm³/mol. The standard InChI is InChI=1S/C32H30N2O6/c1-37-25-14-15-26(28(19-25)38-2)33-32(36)31(24-13-16-27-29(18-24)40-21-39-27)34(20-23-11-7-4-8-12-23)30(35)17-22-9-5-3-6-10-22/h3-16,18-19,31H,17,20-21H2,1-2H3,(H,33,36). The van der Waals surface area contributed by atoms with E-state index >= 15 is 0 Å². The van der Waals surface area contributed by atoms with Crippen molar-refractivity contribution in [1.82, 2.24) is 4.90 Å². The van der Waals surface area contributed by atoms with Gasteiger partial charge in [0.15, 0.2) is 11.5 Å². The summed E-state index contributed by atoms with van der Waals surface area (Å²) in [5.74, 6) is 1.53. The highest BCUT2D eigenvalue weighted by Gasteiger charge is 2.33. The van der Waals surface area contributed by atoms with Gasteiger partial charge in [-0.1, -0.05) is 66.7 Å². The zero-order valence-electron chi connectivity index (χ0n) is 22.3. The fourth-order valence-corrected chi connectivity index (χ4v) is 4.63. The highest BCUT2D eigenvalue weighted by atomic mass is 16.7. The van der Waals surface area contributed by atoms with Gasteiger partial charge in [0.2, 0.25) is 12.7 Å². The molecule has 0 spiro atoms. The van der Waals surface area contributed by atoms with E-state index in [9.17, 15) is 9.59 Å². The fraction of sp³-hybridized carbons (Fsp3) is 0.188. The molecule has 8 nitrogen and oxygen atoms in total. The highest BCUT2D eigenvalue weighted by Crippen LogP contribution is 2.37. The van der Waals surface area contributed by atoms with Crippen molar-refractivity contribution in [1.29, 1.82) is 0 Å². The lowest BCUT2D eigenvalue weighted by molar-refractivity contribution is -0.139. The number of rotatable bonds is 10. The summed E-state index contributed by atoms with van der Waals surface area (Å²) in [6.45, 7) is 0.318. The number of carbonyl (C=O) groups is 2. The maximum Gasteiger partial charge on any atom is 0.251 e. The number of carbonyl (C=O) groups excluding carboxylic acids is 2. The topological polar surface area (TPSA) is 86.3 Å². The summed E-state index contributed by atoms with van der Waals surface area (Å²) in [5, 5.41) is 2.98. The molecule has 0 bridgehead atoms. The number of fused-ring (bicyclic) bond motifs is 1. The molecule has 0 aromatic heterocycles. The van der Waals surface area contributed by atoms with Gasteiger partial charge in [-0.2, -0.15) is 0 Å². The Hall–Kier alpha value is -4.98. The Kier molecular flexibility index (Phi) is 8.15. The third kappa shape index (κ3) is 6.02. The molecular weight excluding hydrogens is 508 g/mol. The van der Waals surface area contributed by atoms with E-state index in [1.165, 1.54) is 7.11 Å². The van der Waals surface area contributed by atoms with Crippen LogP contribution in [0.3, 0.4) is 0 Å². The molecule has 0 radical (unpaired) electrons. The summed E-state index contributed by atoms with van der Waals surface area (Å²) >= 11 is 0. The number of hydrogen-bond acceptors (Lipinski definition) is 6. The maximum absolute atomic E-state index is 14.2. The monoisotopic (exact) mass is 538 g/mol. The molecule has 8 heteroatoms. The van der Waals surface area contributed by atoms with Crippen molar-refractivity contribution in [2.45, 2.75) is 19.0 Å². The van der Waals surface area contributed by atoms with Crippen LogP contribution < -0.4 is 24.3 Å². The average molecular weight is 539 g/mol. The first-order valence-electron chi connectivity index (χ1n) is 12.9. The summed E-state index contributed by atoms with van der Waals surface area (Å²) in [7, 11) is 3.08. The molecule has 1 aliphatic rings. The van der Waals surface area contributed by atoms with E-state index in [1.54, 1.807) is 48.4 Å². The van der Waals surface area contributed by atoms with E-state index in [0.29, 0.717) is 34.2 Å². The van der Waals surface area contributed by atoms with Gasteiger partial charge in [0.05, 0.1) is 26.3 Å². The summed E-state index contributed by atoms with van der Waals surface area (Å²) in [5.41, 5.74) is 2.79. The minimum atomic E-state index is -0.988. The predicted octanol–water partition coefficient (Wildman–Crippen LogP) is 5.38. The first-order chi connectivity index (χ1) is 19.6. The molecule has 0 saturated heterocycles. The van der Waals surface area contributed by atoms with Crippen molar-refractivity contribution < 1.29 is 28.5 Å². The second-order valence-electron chi connectivity index (χ2n) is 9.24. The van der Waals surface area contributed by atoms with Gasteiger partial charge in [0.25, 0.3) is 5.91 Å². The minimum absolute atomic E-state index is 0.0966. The number of amides is 2. The number of nitrogens with one attached hydrogen (secondary N) is 1. The van der Waals surface area contributed by atoms with Crippen molar-refractivity contribution in [2.75, 3.05) is 26.3 Å². The van der Waals surface area contributed by atoms with Crippen LogP contribution in [0.4, 0.5) is 5.69 Å².